The van der Waals surface area contributed by atoms with E-state index in [1.165, 1.54) is 0 Å². The van der Waals surface area contributed by atoms with E-state index in [1.807, 2.05) is 6.92 Å². The van der Waals surface area contributed by atoms with Crippen LogP contribution in [0.2, 0.25) is 0 Å². The Hall–Kier alpha value is -0.610. The summed E-state index contributed by atoms with van der Waals surface area (Å²) in [6, 6.07) is 0.592. The van der Waals surface area contributed by atoms with Crippen molar-refractivity contribution >= 4 is 5.97 Å². The Morgan fingerprint density at radius 1 is 1.57 bits per heavy atom. The number of likely N-dealkylation sites (tertiary alicyclic amines) is 1. The molecule has 0 aromatic rings. The molecule has 4 nitrogen and oxygen atoms in total. The zero-order valence-electron chi connectivity index (χ0n) is 8.66. The van der Waals surface area contributed by atoms with Crippen molar-refractivity contribution in [3.05, 3.63) is 0 Å². The third-order valence-electron chi connectivity index (χ3n) is 3.08. The Balaban J connectivity index is 1.92. The molecule has 1 N–H and O–H groups in total. The van der Waals surface area contributed by atoms with Crippen LogP contribution in [0.5, 0.6) is 0 Å². The van der Waals surface area contributed by atoms with Gasteiger partial charge in [0.05, 0.1) is 6.61 Å². The summed E-state index contributed by atoms with van der Waals surface area (Å²) in [7, 11) is 0. The van der Waals surface area contributed by atoms with Gasteiger partial charge in [-0.25, -0.2) is 0 Å². The van der Waals surface area contributed by atoms with Crippen LogP contribution in [0.4, 0.5) is 0 Å². The van der Waals surface area contributed by atoms with Crippen molar-refractivity contribution in [2.75, 3.05) is 26.2 Å². The van der Waals surface area contributed by atoms with Gasteiger partial charge < -0.3 is 10.1 Å². The van der Waals surface area contributed by atoms with Gasteiger partial charge in [-0.15, -0.1) is 0 Å². The average molecular weight is 198 g/mol. The highest BCUT2D eigenvalue weighted by Crippen LogP contribution is 2.22. The predicted octanol–water partition coefficient (Wildman–Crippen LogP) is -0.0143. The lowest BCUT2D eigenvalue weighted by Gasteiger charge is -2.38. The van der Waals surface area contributed by atoms with Gasteiger partial charge in [0, 0.05) is 19.1 Å². The van der Waals surface area contributed by atoms with Crippen molar-refractivity contribution < 1.29 is 9.53 Å². The SMILES string of the molecule is CCOC(=O)[C@H]1CCCN1C1CNC1. The monoisotopic (exact) mass is 198 g/mol. The molecule has 0 unspecified atom stereocenters. The first-order chi connectivity index (χ1) is 6.83. The van der Waals surface area contributed by atoms with Gasteiger partial charge in [0.2, 0.25) is 0 Å². The van der Waals surface area contributed by atoms with E-state index >= 15 is 0 Å². The largest absolute Gasteiger partial charge is 0.465 e. The van der Waals surface area contributed by atoms with Crippen molar-refractivity contribution in [2.24, 2.45) is 0 Å². The maximum absolute atomic E-state index is 11.6. The zero-order chi connectivity index (χ0) is 9.97. The minimum Gasteiger partial charge on any atom is -0.465 e. The zero-order valence-corrected chi connectivity index (χ0v) is 8.66. The first-order valence-electron chi connectivity index (χ1n) is 5.46. The van der Waals surface area contributed by atoms with Crippen LogP contribution < -0.4 is 5.32 Å². The van der Waals surface area contributed by atoms with Gasteiger partial charge in [0.25, 0.3) is 0 Å². The summed E-state index contributed by atoms with van der Waals surface area (Å²) in [5.41, 5.74) is 0. The number of esters is 1. The fourth-order valence-electron chi connectivity index (χ4n) is 2.23. The lowest BCUT2D eigenvalue weighted by Crippen LogP contribution is -2.59. The van der Waals surface area contributed by atoms with E-state index in [4.69, 9.17) is 4.74 Å². The Bertz CT molecular complexity index is 216. The van der Waals surface area contributed by atoms with E-state index in [0.717, 1.165) is 32.5 Å². The van der Waals surface area contributed by atoms with Gasteiger partial charge >= 0.3 is 5.97 Å². The van der Waals surface area contributed by atoms with Gasteiger partial charge in [0.15, 0.2) is 0 Å². The summed E-state index contributed by atoms with van der Waals surface area (Å²) in [6.07, 6.45) is 2.09. The number of hydrogen-bond donors (Lipinski definition) is 1. The summed E-state index contributed by atoms with van der Waals surface area (Å²) in [6.45, 7) is 5.45. The Morgan fingerprint density at radius 2 is 2.36 bits per heavy atom. The van der Waals surface area contributed by atoms with E-state index < -0.39 is 0 Å². The normalized spacial score (nSPS) is 28.8. The molecule has 80 valence electrons. The fourth-order valence-corrected chi connectivity index (χ4v) is 2.23. The molecule has 14 heavy (non-hydrogen) atoms. The van der Waals surface area contributed by atoms with Gasteiger partial charge in [-0.1, -0.05) is 0 Å². The van der Waals surface area contributed by atoms with Crippen molar-refractivity contribution in [3.63, 3.8) is 0 Å². The highest BCUT2D eigenvalue weighted by atomic mass is 16.5. The minimum atomic E-state index is -0.0306. The number of hydrogen-bond acceptors (Lipinski definition) is 4. The topological polar surface area (TPSA) is 41.6 Å². The number of nitrogens with zero attached hydrogens (tertiary/aromatic N) is 1. The molecule has 2 aliphatic rings. The molecule has 0 aromatic heterocycles. The van der Waals surface area contributed by atoms with Crippen molar-refractivity contribution in [1.82, 2.24) is 10.2 Å². The molecule has 0 amide bonds. The molecule has 0 aromatic carbocycles. The van der Waals surface area contributed by atoms with Crippen LogP contribution in [0.15, 0.2) is 0 Å². The van der Waals surface area contributed by atoms with Gasteiger partial charge in [-0.05, 0) is 26.3 Å². The molecule has 0 radical (unpaired) electrons. The lowest BCUT2D eigenvalue weighted by atomic mass is 10.1. The smallest absolute Gasteiger partial charge is 0.323 e. The molecule has 1 atom stereocenters. The quantitative estimate of drug-likeness (QED) is 0.647. The van der Waals surface area contributed by atoms with E-state index in [0.29, 0.717) is 12.6 Å². The maximum Gasteiger partial charge on any atom is 0.323 e. The van der Waals surface area contributed by atoms with Crippen LogP contribution in [0.3, 0.4) is 0 Å². The van der Waals surface area contributed by atoms with Gasteiger partial charge in [-0.3, -0.25) is 9.69 Å². The summed E-state index contributed by atoms with van der Waals surface area (Å²) in [5, 5.41) is 3.24. The number of carbonyl (C=O) groups is 1. The van der Waals surface area contributed by atoms with E-state index in [9.17, 15) is 4.79 Å². The van der Waals surface area contributed by atoms with Crippen LogP contribution in [0.25, 0.3) is 0 Å². The molecule has 2 heterocycles. The molecule has 2 saturated heterocycles. The van der Waals surface area contributed by atoms with Crippen molar-refractivity contribution in [1.29, 1.82) is 0 Å². The van der Waals surface area contributed by atoms with Crippen molar-refractivity contribution in [3.8, 4) is 0 Å². The van der Waals surface area contributed by atoms with E-state index in [-0.39, 0.29) is 12.0 Å². The summed E-state index contributed by atoms with van der Waals surface area (Å²) < 4.78 is 5.07. The Labute approximate surface area is 84.6 Å². The first kappa shape index (κ1) is 9.93. The third-order valence-corrected chi connectivity index (χ3v) is 3.08. The fraction of sp³-hybridized carbons (Fsp3) is 0.900. The molecule has 2 rings (SSSR count). The van der Waals surface area contributed by atoms with Gasteiger partial charge in [-0.2, -0.15) is 0 Å². The molecular weight excluding hydrogens is 180 g/mol. The highest BCUT2D eigenvalue weighted by Gasteiger charge is 2.38. The molecule has 0 spiro atoms. The highest BCUT2D eigenvalue weighted by molar-refractivity contribution is 5.76. The molecule has 4 heteroatoms. The van der Waals surface area contributed by atoms with E-state index in [1.54, 1.807) is 0 Å². The molecule has 0 aliphatic carbocycles. The number of ether oxygens (including phenoxy) is 1. The molecule has 0 saturated carbocycles. The number of rotatable bonds is 3. The molecule has 2 fully saturated rings. The molecule has 2 aliphatic heterocycles. The Morgan fingerprint density at radius 3 is 2.93 bits per heavy atom. The lowest BCUT2D eigenvalue weighted by molar-refractivity contribution is -0.149. The van der Waals surface area contributed by atoms with Crippen LogP contribution in [-0.2, 0) is 9.53 Å². The summed E-state index contributed by atoms with van der Waals surface area (Å²) in [4.78, 5) is 13.9. The van der Waals surface area contributed by atoms with Crippen LogP contribution in [0, 0.1) is 0 Å². The van der Waals surface area contributed by atoms with Gasteiger partial charge in [0.1, 0.15) is 6.04 Å². The maximum atomic E-state index is 11.6. The second kappa shape index (κ2) is 4.28. The van der Waals surface area contributed by atoms with Crippen molar-refractivity contribution in [2.45, 2.75) is 31.8 Å². The molecular formula is C10H18N2O2. The third kappa shape index (κ3) is 1.77. The summed E-state index contributed by atoms with van der Waals surface area (Å²) in [5.74, 6) is -0.0306. The second-order valence-electron chi connectivity index (χ2n) is 3.96. The molecule has 0 bridgehead atoms. The standard InChI is InChI=1S/C10H18N2O2/c1-2-14-10(13)9-4-3-5-12(9)8-6-11-7-8/h8-9,11H,2-7H2,1H3/t9-/m1/s1. The average Bonchev–Trinajstić information content (AvgIpc) is 2.50. The summed E-state index contributed by atoms with van der Waals surface area (Å²) >= 11 is 0. The number of nitrogens with one attached hydrogen (secondary N) is 1. The van der Waals surface area contributed by atoms with E-state index in [2.05, 4.69) is 10.2 Å². The minimum absolute atomic E-state index is 0.0297. The van der Waals surface area contributed by atoms with Crippen LogP contribution in [0.1, 0.15) is 19.8 Å². The Kier molecular flexibility index (Phi) is 3.03. The predicted molar refractivity (Wildman–Crippen MR) is 53.0 cm³/mol. The second-order valence-corrected chi connectivity index (χ2v) is 3.96. The van der Waals surface area contributed by atoms with Crippen LogP contribution >= 0.6 is 0 Å². The number of carbonyl (C=O) groups excluding carboxylic acids is 1. The first-order valence-corrected chi connectivity index (χ1v) is 5.46. The van der Waals surface area contributed by atoms with Crippen LogP contribution in [-0.4, -0.2) is 49.2 Å².